The van der Waals surface area contributed by atoms with Crippen LogP contribution in [0.3, 0.4) is 0 Å². The van der Waals surface area contributed by atoms with Crippen molar-refractivity contribution in [1.82, 2.24) is 23.6 Å². The number of hydrogen-bond acceptors (Lipinski definition) is 5. The Bertz CT molecular complexity index is 766. The molecule has 1 fully saturated rings. The first-order chi connectivity index (χ1) is 10.4. The van der Waals surface area contributed by atoms with Crippen molar-refractivity contribution in [3.05, 3.63) is 30.5 Å². The fourth-order valence-corrected chi connectivity index (χ4v) is 4.44. The molecule has 3 heterocycles. The van der Waals surface area contributed by atoms with Crippen LogP contribution in [-0.4, -0.2) is 55.9 Å². The monoisotopic (exact) mass is 325 g/mol. The Morgan fingerprint density at radius 1 is 1.36 bits per heavy atom. The lowest BCUT2D eigenvalue weighted by Crippen LogP contribution is -2.41. The number of hydrogen-bond donors (Lipinski definition) is 1. The Morgan fingerprint density at radius 2 is 2.14 bits per heavy atom. The van der Waals surface area contributed by atoms with E-state index >= 15 is 0 Å². The lowest BCUT2D eigenvalue weighted by molar-refractivity contribution is 0.141. The Morgan fingerprint density at radius 3 is 2.73 bits per heavy atom. The number of rotatable bonds is 4. The molecule has 120 valence electrons. The molecule has 22 heavy (non-hydrogen) atoms. The van der Waals surface area contributed by atoms with Gasteiger partial charge in [0.15, 0.2) is 5.03 Å². The molecule has 2 aromatic heterocycles. The Hall–Kier alpha value is -1.71. The minimum atomic E-state index is -3.70. The van der Waals surface area contributed by atoms with E-state index in [4.69, 9.17) is 0 Å². The van der Waals surface area contributed by atoms with Gasteiger partial charge in [-0.1, -0.05) is 0 Å². The summed E-state index contributed by atoms with van der Waals surface area (Å²) >= 11 is 0. The van der Waals surface area contributed by atoms with Crippen LogP contribution in [0.15, 0.2) is 29.9 Å². The molecule has 1 aliphatic heterocycles. The van der Waals surface area contributed by atoms with Gasteiger partial charge < -0.3 is 9.67 Å². The van der Waals surface area contributed by atoms with Crippen LogP contribution in [0.5, 0.6) is 0 Å². The lowest BCUT2D eigenvalue weighted by atomic mass is 10.1. The van der Waals surface area contributed by atoms with Crippen molar-refractivity contribution < 1.29 is 13.5 Å². The number of nitrogens with zero attached hydrogens (tertiary/aromatic N) is 5. The fraction of sp³-hybridized carbons (Fsp3) is 0.538. The maximum absolute atomic E-state index is 12.7. The number of imidazole rings is 1. The normalized spacial score (nSPS) is 23.2. The highest BCUT2D eigenvalue weighted by Crippen LogP contribution is 2.27. The van der Waals surface area contributed by atoms with E-state index in [2.05, 4.69) is 10.1 Å². The molecule has 0 amide bonds. The quantitative estimate of drug-likeness (QED) is 0.819. The summed E-state index contributed by atoms with van der Waals surface area (Å²) in [4.78, 5) is 3.94. The third kappa shape index (κ3) is 2.67. The molecule has 0 unspecified atom stereocenters. The van der Waals surface area contributed by atoms with Crippen LogP contribution < -0.4 is 0 Å². The van der Waals surface area contributed by atoms with Crippen LogP contribution in [0, 0.1) is 0 Å². The van der Waals surface area contributed by atoms with E-state index in [9.17, 15) is 13.5 Å². The molecule has 0 spiro atoms. The van der Waals surface area contributed by atoms with Crippen molar-refractivity contribution in [2.75, 3.05) is 6.54 Å². The highest BCUT2D eigenvalue weighted by atomic mass is 32.2. The molecule has 0 saturated carbocycles. The van der Waals surface area contributed by atoms with E-state index in [0.29, 0.717) is 19.4 Å². The van der Waals surface area contributed by atoms with E-state index in [-0.39, 0.29) is 5.03 Å². The summed E-state index contributed by atoms with van der Waals surface area (Å²) < 4.78 is 30.0. The predicted molar refractivity (Wildman–Crippen MR) is 78.4 cm³/mol. The smallest absolute Gasteiger partial charge is 0.262 e. The minimum absolute atomic E-state index is 0.0142. The van der Waals surface area contributed by atoms with Gasteiger partial charge in [0, 0.05) is 33.0 Å². The second kappa shape index (κ2) is 5.49. The molecular formula is C13H19N5O3S. The van der Waals surface area contributed by atoms with Gasteiger partial charge in [-0.15, -0.1) is 0 Å². The highest BCUT2D eigenvalue weighted by molar-refractivity contribution is 7.89. The third-order valence-corrected chi connectivity index (χ3v) is 5.73. The van der Waals surface area contributed by atoms with E-state index in [0.717, 1.165) is 5.56 Å². The molecule has 3 rings (SSSR count). The van der Waals surface area contributed by atoms with Crippen molar-refractivity contribution >= 4 is 10.0 Å². The molecular weight excluding hydrogens is 306 g/mol. The zero-order chi connectivity index (χ0) is 15.9. The topological polar surface area (TPSA) is 93.2 Å². The first kappa shape index (κ1) is 15.2. The maximum atomic E-state index is 12.7. The van der Waals surface area contributed by atoms with Gasteiger partial charge in [0.05, 0.1) is 24.7 Å². The van der Waals surface area contributed by atoms with E-state index in [1.807, 2.05) is 6.20 Å². The molecule has 1 aliphatic rings. The molecule has 9 heteroatoms. The summed E-state index contributed by atoms with van der Waals surface area (Å²) in [6.45, 7) is 0.297. The molecule has 1 saturated heterocycles. The molecule has 1 N–H and O–H groups in total. The summed E-state index contributed by atoms with van der Waals surface area (Å²) in [5, 5.41) is 14.3. The minimum Gasteiger partial charge on any atom is -0.391 e. The average Bonchev–Trinajstić information content (AvgIpc) is 3.14. The van der Waals surface area contributed by atoms with Crippen LogP contribution in [0.1, 0.15) is 12.0 Å². The van der Waals surface area contributed by atoms with Crippen LogP contribution in [0.25, 0.3) is 0 Å². The first-order valence-corrected chi connectivity index (χ1v) is 8.47. The zero-order valence-corrected chi connectivity index (χ0v) is 13.3. The van der Waals surface area contributed by atoms with E-state index < -0.39 is 22.2 Å². The first-order valence-electron chi connectivity index (χ1n) is 7.03. The lowest BCUT2D eigenvalue weighted by Gasteiger charge is -2.24. The van der Waals surface area contributed by atoms with Crippen molar-refractivity contribution in [1.29, 1.82) is 0 Å². The summed E-state index contributed by atoms with van der Waals surface area (Å²) in [7, 11) is -0.176. The zero-order valence-electron chi connectivity index (χ0n) is 12.5. The standard InChI is InChI=1S/C13H19N5O3S/c1-16-8-13(14-9-16)22(20,21)18-4-3-12(19)11(18)5-10-6-15-17(2)7-10/h6-9,11-12,19H,3-5H2,1-2H3/t11-,12+/m1/s1. The van der Waals surface area contributed by atoms with E-state index in [1.165, 1.54) is 16.8 Å². The van der Waals surface area contributed by atoms with E-state index in [1.54, 1.807) is 29.5 Å². The van der Waals surface area contributed by atoms with Crippen LogP contribution in [0.2, 0.25) is 0 Å². The third-order valence-electron chi connectivity index (χ3n) is 3.92. The van der Waals surface area contributed by atoms with Crippen molar-refractivity contribution in [3.63, 3.8) is 0 Å². The summed E-state index contributed by atoms with van der Waals surface area (Å²) in [6.07, 6.45) is 6.63. The fourth-order valence-electron chi connectivity index (χ4n) is 2.81. The molecule has 0 bridgehead atoms. The molecule has 2 atom stereocenters. The SMILES string of the molecule is Cn1cnc(S(=O)(=O)N2CC[C@H](O)[C@H]2Cc2cnn(C)c2)c1. The largest absolute Gasteiger partial charge is 0.391 e. The summed E-state index contributed by atoms with van der Waals surface area (Å²) in [5.41, 5.74) is 0.898. The van der Waals surface area contributed by atoms with Gasteiger partial charge in [-0.2, -0.15) is 9.40 Å². The Balaban J connectivity index is 1.88. The van der Waals surface area contributed by atoms with Crippen LogP contribution in [0.4, 0.5) is 0 Å². The molecule has 0 radical (unpaired) electrons. The van der Waals surface area contributed by atoms with Gasteiger partial charge >= 0.3 is 0 Å². The molecule has 0 aromatic carbocycles. The van der Waals surface area contributed by atoms with Crippen molar-refractivity contribution in [2.45, 2.75) is 30.0 Å². The van der Waals surface area contributed by atoms with Crippen molar-refractivity contribution in [2.24, 2.45) is 14.1 Å². The molecule has 2 aromatic rings. The van der Waals surface area contributed by atoms with Gasteiger partial charge in [-0.3, -0.25) is 4.68 Å². The summed E-state index contributed by atoms with van der Waals surface area (Å²) in [6, 6.07) is -0.490. The predicted octanol–water partition coefficient (Wildman–Crippen LogP) is -0.480. The van der Waals surface area contributed by atoms with Crippen LogP contribution in [-0.2, 0) is 30.5 Å². The van der Waals surface area contributed by atoms with Gasteiger partial charge in [0.1, 0.15) is 0 Å². The van der Waals surface area contributed by atoms with Gasteiger partial charge in [0.25, 0.3) is 10.0 Å². The molecule has 0 aliphatic carbocycles. The number of aliphatic hydroxyl groups excluding tert-OH is 1. The van der Waals surface area contributed by atoms with Crippen molar-refractivity contribution in [3.8, 4) is 0 Å². The van der Waals surface area contributed by atoms with Crippen LogP contribution >= 0.6 is 0 Å². The number of aromatic nitrogens is 4. The number of sulfonamides is 1. The highest BCUT2D eigenvalue weighted by Gasteiger charge is 2.41. The second-order valence-corrected chi connectivity index (χ2v) is 7.48. The Kier molecular flexibility index (Phi) is 3.79. The maximum Gasteiger partial charge on any atom is 0.262 e. The number of aryl methyl sites for hydroxylation is 2. The molecule has 8 nitrogen and oxygen atoms in total. The summed E-state index contributed by atoms with van der Waals surface area (Å²) in [5.74, 6) is 0. The average molecular weight is 325 g/mol. The van der Waals surface area contributed by atoms with Gasteiger partial charge in [0.2, 0.25) is 0 Å². The number of aliphatic hydroxyl groups is 1. The van der Waals surface area contributed by atoms with Gasteiger partial charge in [-0.25, -0.2) is 13.4 Å². The van der Waals surface area contributed by atoms with Gasteiger partial charge in [-0.05, 0) is 18.4 Å². The second-order valence-electron chi connectivity index (χ2n) is 5.64. The Labute approximate surface area is 129 Å².